The second kappa shape index (κ2) is 9.15. The van der Waals surface area contributed by atoms with Crippen molar-refractivity contribution in [2.24, 2.45) is 0 Å². The summed E-state index contributed by atoms with van der Waals surface area (Å²) < 4.78 is 5.12. The Morgan fingerprint density at radius 1 is 1.23 bits per heavy atom. The maximum atomic E-state index is 12.9. The van der Waals surface area contributed by atoms with E-state index < -0.39 is 5.97 Å². The Labute approximate surface area is 159 Å². The van der Waals surface area contributed by atoms with Gasteiger partial charge in [-0.25, -0.2) is 4.79 Å². The Kier molecular flexibility index (Phi) is 6.91. The van der Waals surface area contributed by atoms with Crippen LogP contribution in [0.2, 0.25) is 0 Å². The van der Waals surface area contributed by atoms with Gasteiger partial charge in [-0.15, -0.1) is 0 Å². The molecule has 1 N–H and O–H groups in total. The van der Waals surface area contributed by atoms with E-state index in [4.69, 9.17) is 17.0 Å². The molecule has 0 bridgehead atoms. The van der Waals surface area contributed by atoms with Gasteiger partial charge in [0.15, 0.2) is 5.11 Å². The lowest BCUT2D eigenvalue weighted by Crippen LogP contribution is -2.30. The van der Waals surface area contributed by atoms with Gasteiger partial charge in [0.2, 0.25) is 0 Å². The van der Waals surface area contributed by atoms with Gasteiger partial charge in [-0.3, -0.25) is 9.69 Å². The molecule has 0 atom stereocenters. The van der Waals surface area contributed by atoms with Crippen LogP contribution in [0.25, 0.3) is 0 Å². The van der Waals surface area contributed by atoms with E-state index in [0.29, 0.717) is 5.69 Å². The van der Waals surface area contributed by atoms with E-state index in [1.165, 1.54) is 4.90 Å². The van der Waals surface area contributed by atoms with Crippen LogP contribution in [0.5, 0.6) is 0 Å². The number of thiocarbonyl (C=S) groups is 1. The minimum Gasteiger partial charge on any atom is -0.462 e. The molecule has 7 heteroatoms. The van der Waals surface area contributed by atoms with Gasteiger partial charge >= 0.3 is 5.97 Å². The second-order valence-electron chi connectivity index (χ2n) is 5.45. The maximum absolute atomic E-state index is 12.9. The number of amides is 1. The van der Waals surface area contributed by atoms with Crippen LogP contribution in [0, 0.1) is 0 Å². The van der Waals surface area contributed by atoms with Gasteiger partial charge in [0.05, 0.1) is 17.9 Å². The summed E-state index contributed by atoms with van der Waals surface area (Å²) in [4.78, 5) is 28.7. The number of benzene rings is 1. The van der Waals surface area contributed by atoms with Crippen molar-refractivity contribution in [3.8, 4) is 0 Å². The zero-order valence-electron chi connectivity index (χ0n) is 15.2. The zero-order valence-corrected chi connectivity index (χ0v) is 16.0. The number of ether oxygens (including phenoxy) is 1. The third-order valence-electron chi connectivity index (χ3n) is 3.90. The topological polar surface area (TPSA) is 61.9 Å². The lowest BCUT2D eigenvalue weighted by molar-refractivity contribution is -0.138. The Bertz CT molecular complexity index is 740. The van der Waals surface area contributed by atoms with Crippen molar-refractivity contribution in [3.63, 3.8) is 0 Å². The number of anilines is 1. The molecule has 26 heavy (non-hydrogen) atoms. The van der Waals surface area contributed by atoms with E-state index in [-0.39, 0.29) is 28.9 Å². The highest BCUT2D eigenvalue weighted by atomic mass is 32.1. The van der Waals surface area contributed by atoms with Crippen LogP contribution in [0.1, 0.15) is 20.8 Å². The first kappa shape index (κ1) is 19.7. The van der Waals surface area contributed by atoms with Crippen LogP contribution >= 0.6 is 12.2 Å². The molecule has 0 unspecified atom stereocenters. The van der Waals surface area contributed by atoms with Crippen molar-refractivity contribution < 1.29 is 14.3 Å². The highest BCUT2D eigenvalue weighted by molar-refractivity contribution is 7.80. The Morgan fingerprint density at radius 2 is 1.88 bits per heavy atom. The van der Waals surface area contributed by atoms with Crippen LogP contribution in [0.15, 0.2) is 53.9 Å². The quantitative estimate of drug-likeness (QED) is 0.450. The van der Waals surface area contributed by atoms with Gasteiger partial charge in [-0.05, 0) is 57.4 Å². The van der Waals surface area contributed by atoms with Crippen LogP contribution in [0.4, 0.5) is 5.69 Å². The Morgan fingerprint density at radius 3 is 2.46 bits per heavy atom. The lowest BCUT2D eigenvalue weighted by atomic mass is 10.2. The largest absolute Gasteiger partial charge is 0.462 e. The number of carbonyl (C=O) groups excluding carboxylic acids is 2. The number of nitrogens with zero attached hydrogens (tertiary/aromatic N) is 2. The molecule has 2 rings (SSSR count). The number of hydrogen-bond donors (Lipinski definition) is 1. The van der Waals surface area contributed by atoms with Crippen molar-refractivity contribution in [1.29, 1.82) is 0 Å². The predicted octanol–water partition coefficient (Wildman–Crippen LogP) is 2.58. The zero-order chi connectivity index (χ0) is 19.1. The molecule has 0 aliphatic carbocycles. The molecule has 1 aliphatic rings. The first-order valence-corrected chi connectivity index (χ1v) is 8.98. The average molecular weight is 373 g/mol. The summed E-state index contributed by atoms with van der Waals surface area (Å²) in [5.41, 5.74) is 0.922. The molecule has 6 nitrogen and oxygen atoms in total. The molecule has 1 aliphatic heterocycles. The fraction of sp³-hybridized carbons (Fsp3) is 0.316. The molecule has 138 valence electrons. The molecule has 1 saturated heterocycles. The molecule has 1 aromatic rings. The van der Waals surface area contributed by atoms with E-state index in [2.05, 4.69) is 5.32 Å². The van der Waals surface area contributed by atoms with Crippen LogP contribution in [0.3, 0.4) is 0 Å². The van der Waals surface area contributed by atoms with Crippen LogP contribution in [-0.4, -0.2) is 41.6 Å². The monoisotopic (exact) mass is 373 g/mol. The van der Waals surface area contributed by atoms with E-state index in [9.17, 15) is 9.59 Å². The third kappa shape index (κ3) is 4.29. The fourth-order valence-corrected chi connectivity index (χ4v) is 2.78. The molecule has 0 aromatic heterocycles. The first-order valence-electron chi connectivity index (χ1n) is 8.57. The van der Waals surface area contributed by atoms with Crippen molar-refractivity contribution >= 4 is 34.9 Å². The molecule has 0 radical (unpaired) electrons. The molecular formula is C19H23N3O3S. The number of rotatable bonds is 7. The highest BCUT2D eigenvalue weighted by Gasteiger charge is 2.35. The van der Waals surface area contributed by atoms with Gasteiger partial charge in [0.25, 0.3) is 5.91 Å². The van der Waals surface area contributed by atoms with Crippen LogP contribution in [-0.2, 0) is 14.3 Å². The van der Waals surface area contributed by atoms with E-state index in [0.717, 1.165) is 13.1 Å². The number of carbonyl (C=O) groups is 2. The van der Waals surface area contributed by atoms with Crippen LogP contribution < -0.4 is 10.2 Å². The summed E-state index contributed by atoms with van der Waals surface area (Å²) in [5, 5.41) is 3.10. The maximum Gasteiger partial charge on any atom is 0.340 e. The second-order valence-corrected chi connectivity index (χ2v) is 5.84. The van der Waals surface area contributed by atoms with Gasteiger partial charge < -0.3 is 15.0 Å². The number of para-hydroxylation sites is 1. The Balaban J connectivity index is 2.44. The summed E-state index contributed by atoms with van der Waals surface area (Å²) in [6.45, 7) is 7.53. The fourth-order valence-electron chi connectivity index (χ4n) is 2.49. The third-order valence-corrected chi connectivity index (χ3v) is 4.18. The molecule has 0 spiro atoms. The summed E-state index contributed by atoms with van der Waals surface area (Å²) in [6.07, 6.45) is 3.38. The highest BCUT2D eigenvalue weighted by Crippen LogP contribution is 2.23. The summed E-state index contributed by atoms with van der Waals surface area (Å²) in [7, 11) is 0. The van der Waals surface area contributed by atoms with Gasteiger partial charge in [0, 0.05) is 13.1 Å². The van der Waals surface area contributed by atoms with Gasteiger partial charge in [-0.1, -0.05) is 18.2 Å². The number of hydrogen-bond acceptors (Lipinski definition) is 5. The minimum absolute atomic E-state index is 0.126. The van der Waals surface area contributed by atoms with E-state index in [1.54, 1.807) is 31.3 Å². The van der Waals surface area contributed by atoms with Crippen molar-refractivity contribution in [2.75, 3.05) is 24.6 Å². The van der Waals surface area contributed by atoms with Gasteiger partial charge in [0.1, 0.15) is 5.70 Å². The lowest BCUT2D eigenvalue weighted by Gasteiger charge is -2.15. The standard InChI is InChI=1S/C19H23N3O3S/c1-4-21(5-2)13-12-15(18(24)25-6-3)16-17(23)22(19(26)20-16)14-10-8-7-9-11-14/h7-13H,4-6H2,1-3H3,(H,20,26)/b13-12-,16-15+. The van der Waals surface area contributed by atoms with E-state index >= 15 is 0 Å². The smallest absolute Gasteiger partial charge is 0.340 e. The summed E-state index contributed by atoms with van der Waals surface area (Å²) >= 11 is 5.30. The normalized spacial score (nSPS) is 16.0. The first-order chi connectivity index (χ1) is 12.5. The Hall–Kier alpha value is -2.67. The average Bonchev–Trinajstić information content (AvgIpc) is 2.94. The molecule has 1 aromatic carbocycles. The van der Waals surface area contributed by atoms with Crippen molar-refractivity contribution in [2.45, 2.75) is 20.8 Å². The number of nitrogens with one attached hydrogen (secondary N) is 1. The molecule has 1 fully saturated rings. The van der Waals surface area contributed by atoms with E-state index in [1.807, 2.05) is 36.9 Å². The van der Waals surface area contributed by atoms with Gasteiger partial charge in [-0.2, -0.15) is 0 Å². The summed E-state index contributed by atoms with van der Waals surface area (Å²) in [6, 6.07) is 9.06. The summed E-state index contributed by atoms with van der Waals surface area (Å²) in [5.74, 6) is -0.946. The molecule has 1 amide bonds. The van der Waals surface area contributed by atoms with Crippen molar-refractivity contribution in [1.82, 2.24) is 10.2 Å². The van der Waals surface area contributed by atoms with Crippen molar-refractivity contribution in [3.05, 3.63) is 53.9 Å². The number of esters is 1. The minimum atomic E-state index is -0.565. The molecule has 0 saturated carbocycles. The SMILES string of the molecule is CCOC(=O)C(/C=C\N(CC)CC)=C1/NC(=S)N(c2ccccc2)C1=O. The molecule has 1 heterocycles. The predicted molar refractivity (Wildman–Crippen MR) is 105 cm³/mol. The molecular weight excluding hydrogens is 350 g/mol.